The highest BCUT2D eigenvalue weighted by molar-refractivity contribution is 9.10. The molecule has 0 heterocycles. The van der Waals surface area contributed by atoms with Crippen LogP contribution in [0.3, 0.4) is 0 Å². The Kier molecular flexibility index (Phi) is 3.46. The fraction of sp³-hybridized carbons (Fsp3) is 0.294. The summed E-state index contributed by atoms with van der Waals surface area (Å²) in [6.07, 6.45) is 3.24. The van der Waals surface area contributed by atoms with Crippen LogP contribution in [-0.4, -0.2) is 6.54 Å². The zero-order valence-corrected chi connectivity index (χ0v) is 12.5. The topological polar surface area (TPSA) is 26.0 Å². The van der Waals surface area contributed by atoms with E-state index >= 15 is 0 Å². The Bertz CT molecular complexity index is 566. The molecule has 1 aliphatic carbocycles. The molecule has 2 aromatic carbocycles. The van der Waals surface area contributed by atoms with Gasteiger partial charge in [-0.15, -0.1) is 0 Å². The Morgan fingerprint density at radius 2 is 1.53 bits per heavy atom. The fourth-order valence-electron chi connectivity index (χ4n) is 3.16. The molecule has 0 aliphatic heterocycles. The third-order valence-electron chi connectivity index (χ3n) is 4.21. The van der Waals surface area contributed by atoms with E-state index in [1.165, 1.54) is 21.2 Å². The molecule has 0 fully saturated rings. The standard InChI is InChI=1S/C17H18BrN/c18-16-8-4-3-7-15(16)11-17(12-19)9-13-5-1-2-6-14(13)10-17/h1-8H,9-12,19H2. The highest BCUT2D eigenvalue weighted by atomic mass is 79.9. The average molecular weight is 316 g/mol. The van der Waals surface area contributed by atoms with Gasteiger partial charge in [0.25, 0.3) is 0 Å². The van der Waals surface area contributed by atoms with Crippen LogP contribution in [0.1, 0.15) is 16.7 Å². The van der Waals surface area contributed by atoms with Crippen LogP contribution in [-0.2, 0) is 19.3 Å². The molecule has 2 heteroatoms. The molecule has 2 aromatic rings. The highest BCUT2D eigenvalue weighted by Gasteiger charge is 2.36. The van der Waals surface area contributed by atoms with Crippen LogP contribution in [0.25, 0.3) is 0 Å². The van der Waals surface area contributed by atoms with E-state index in [1.807, 2.05) is 0 Å². The lowest BCUT2D eigenvalue weighted by molar-refractivity contribution is 0.314. The molecule has 0 unspecified atom stereocenters. The van der Waals surface area contributed by atoms with Crippen molar-refractivity contribution in [1.82, 2.24) is 0 Å². The molecule has 0 aromatic heterocycles. The fourth-order valence-corrected chi connectivity index (χ4v) is 3.59. The summed E-state index contributed by atoms with van der Waals surface area (Å²) >= 11 is 3.65. The van der Waals surface area contributed by atoms with Gasteiger partial charge in [0.05, 0.1) is 0 Å². The van der Waals surface area contributed by atoms with Crippen LogP contribution < -0.4 is 5.73 Å². The van der Waals surface area contributed by atoms with Crippen molar-refractivity contribution in [3.8, 4) is 0 Å². The molecule has 1 aliphatic rings. The van der Waals surface area contributed by atoms with Crippen molar-refractivity contribution in [2.45, 2.75) is 19.3 Å². The second-order valence-corrected chi connectivity index (χ2v) is 6.45. The molecule has 19 heavy (non-hydrogen) atoms. The molecule has 2 N–H and O–H groups in total. The molecule has 1 nitrogen and oxygen atoms in total. The van der Waals surface area contributed by atoms with Crippen molar-refractivity contribution in [3.05, 3.63) is 69.7 Å². The summed E-state index contributed by atoms with van der Waals surface area (Å²) < 4.78 is 1.19. The second-order valence-electron chi connectivity index (χ2n) is 5.59. The van der Waals surface area contributed by atoms with Gasteiger partial charge in [-0.05, 0) is 54.0 Å². The van der Waals surface area contributed by atoms with Gasteiger partial charge in [0.1, 0.15) is 0 Å². The van der Waals surface area contributed by atoms with Gasteiger partial charge >= 0.3 is 0 Å². The molecule has 98 valence electrons. The summed E-state index contributed by atoms with van der Waals surface area (Å²) in [6.45, 7) is 0.739. The predicted octanol–water partition coefficient (Wildman–Crippen LogP) is 3.74. The summed E-state index contributed by atoms with van der Waals surface area (Å²) in [4.78, 5) is 0. The van der Waals surface area contributed by atoms with E-state index in [0.717, 1.165) is 25.8 Å². The Morgan fingerprint density at radius 1 is 0.947 bits per heavy atom. The van der Waals surface area contributed by atoms with Gasteiger partial charge in [-0.2, -0.15) is 0 Å². The molecule has 0 atom stereocenters. The molecule has 0 bridgehead atoms. The SMILES string of the molecule is NCC1(Cc2ccccc2Br)Cc2ccccc2C1. The van der Waals surface area contributed by atoms with Crippen LogP contribution in [0.15, 0.2) is 53.0 Å². The third kappa shape index (κ3) is 2.47. The van der Waals surface area contributed by atoms with Crippen LogP contribution in [0.2, 0.25) is 0 Å². The molecule has 3 rings (SSSR count). The van der Waals surface area contributed by atoms with Crippen molar-refractivity contribution in [3.63, 3.8) is 0 Å². The highest BCUT2D eigenvalue weighted by Crippen LogP contribution is 2.39. The van der Waals surface area contributed by atoms with E-state index in [4.69, 9.17) is 5.73 Å². The van der Waals surface area contributed by atoms with Gasteiger partial charge in [0.2, 0.25) is 0 Å². The van der Waals surface area contributed by atoms with E-state index in [0.29, 0.717) is 0 Å². The first-order valence-electron chi connectivity index (χ1n) is 6.73. The quantitative estimate of drug-likeness (QED) is 0.917. The van der Waals surface area contributed by atoms with Crippen LogP contribution in [0, 0.1) is 5.41 Å². The minimum absolute atomic E-state index is 0.188. The lowest BCUT2D eigenvalue weighted by atomic mass is 9.79. The number of rotatable bonds is 3. The number of fused-ring (bicyclic) bond motifs is 1. The monoisotopic (exact) mass is 315 g/mol. The molecular formula is C17H18BrN. The molecule has 0 amide bonds. The van der Waals surface area contributed by atoms with Gasteiger partial charge in [0.15, 0.2) is 0 Å². The number of nitrogens with two attached hydrogens (primary N) is 1. The Labute approximate surface area is 123 Å². The van der Waals surface area contributed by atoms with Gasteiger partial charge in [-0.25, -0.2) is 0 Å². The summed E-state index contributed by atoms with van der Waals surface area (Å²) in [6, 6.07) is 17.2. The van der Waals surface area contributed by atoms with E-state index in [9.17, 15) is 0 Å². The van der Waals surface area contributed by atoms with Gasteiger partial charge in [-0.3, -0.25) is 0 Å². The second kappa shape index (κ2) is 5.10. The Morgan fingerprint density at radius 3 is 2.11 bits per heavy atom. The van der Waals surface area contributed by atoms with Crippen LogP contribution >= 0.6 is 15.9 Å². The number of benzene rings is 2. The summed E-state index contributed by atoms with van der Waals surface area (Å²) in [5, 5.41) is 0. The first-order chi connectivity index (χ1) is 9.22. The minimum Gasteiger partial charge on any atom is -0.330 e. The lowest BCUT2D eigenvalue weighted by Gasteiger charge is -2.28. The van der Waals surface area contributed by atoms with Crippen LogP contribution in [0.5, 0.6) is 0 Å². The van der Waals surface area contributed by atoms with E-state index in [1.54, 1.807) is 0 Å². The third-order valence-corrected chi connectivity index (χ3v) is 4.98. The Hall–Kier alpha value is -1.12. The maximum Gasteiger partial charge on any atom is 0.0207 e. The van der Waals surface area contributed by atoms with Crippen LogP contribution in [0.4, 0.5) is 0 Å². The molecular weight excluding hydrogens is 298 g/mol. The molecule has 0 saturated heterocycles. The van der Waals surface area contributed by atoms with Crippen molar-refractivity contribution in [2.75, 3.05) is 6.54 Å². The first kappa shape index (κ1) is 12.9. The summed E-state index contributed by atoms with van der Waals surface area (Å²) in [5.74, 6) is 0. The maximum absolute atomic E-state index is 6.13. The minimum atomic E-state index is 0.188. The van der Waals surface area contributed by atoms with E-state index in [2.05, 4.69) is 64.5 Å². The first-order valence-corrected chi connectivity index (χ1v) is 7.52. The van der Waals surface area contributed by atoms with Crippen molar-refractivity contribution < 1.29 is 0 Å². The largest absolute Gasteiger partial charge is 0.330 e. The summed E-state index contributed by atoms with van der Waals surface area (Å²) in [7, 11) is 0. The van der Waals surface area contributed by atoms with Crippen molar-refractivity contribution >= 4 is 15.9 Å². The number of hydrogen-bond donors (Lipinski definition) is 1. The zero-order valence-electron chi connectivity index (χ0n) is 10.9. The van der Waals surface area contributed by atoms with Crippen molar-refractivity contribution in [2.24, 2.45) is 11.1 Å². The zero-order chi connectivity index (χ0) is 13.3. The number of hydrogen-bond acceptors (Lipinski definition) is 1. The molecule has 0 spiro atoms. The van der Waals surface area contributed by atoms with Gasteiger partial charge in [0, 0.05) is 4.47 Å². The van der Waals surface area contributed by atoms with Gasteiger partial charge < -0.3 is 5.73 Å². The Balaban J connectivity index is 1.89. The number of halogens is 1. The average Bonchev–Trinajstić information content (AvgIpc) is 2.80. The normalized spacial score (nSPS) is 16.3. The molecule has 0 radical (unpaired) electrons. The predicted molar refractivity (Wildman–Crippen MR) is 83.2 cm³/mol. The molecule has 0 saturated carbocycles. The maximum atomic E-state index is 6.13. The van der Waals surface area contributed by atoms with E-state index in [-0.39, 0.29) is 5.41 Å². The smallest absolute Gasteiger partial charge is 0.0207 e. The lowest BCUT2D eigenvalue weighted by Crippen LogP contribution is -2.33. The van der Waals surface area contributed by atoms with Gasteiger partial charge in [-0.1, -0.05) is 58.4 Å². The summed E-state index contributed by atoms with van der Waals surface area (Å²) in [5.41, 5.74) is 10.6. The van der Waals surface area contributed by atoms with E-state index < -0.39 is 0 Å². The van der Waals surface area contributed by atoms with Crippen molar-refractivity contribution in [1.29, 1.82) is 0 Å².